The van der Waals surface area contributed by atoms with Crippen LogP contribution in [0.25, 0.3) is 0 Å². The largest absolute Gasteiger partial charge is 0.486 e. The predicted octanol–water partition coefficient (Wildman–Crippen LogP) is 3.02. The molecule has 2 aromatic carbocycles. The normalized spacial score (nSPS) is 14.1. The van der Waals surface area contributed by atoms with Crippen molar-refractivity contribution in [2.45, 2.75) is 25.8 Å². The van der Waals surface area contributed by atoms with Crippen molar-refractivity contribution in [1.29, 1.82) is 0 Å². The van der Waals surface area contributed by atoms with Gasteiger partial charge < -0.3 is 14.8 Å². The number of carbonyl (C=O) groups is 1. The molecule has 0 fully saturated rings. The Morgan fingerprint density at radius 1 is 1.17 bits per heavy atom. The minimum atomic E-state index is -3.68. The van der Waals surface area contributed by atoms with Crippen molar-refractivity contribution in [3.63, 3.8) is 0 Å². The van der Waals surface area contributed by atoms with Gasteiger partial charge >= 0.3 is 0 Å². The highest BCUT2D eigenvalue weighted by Gasteiger charge is 2.21. The Morgan fingerprint density at radius 2 is 1.87 bits per heavy atom. The number of rotatable bonds is 8. The second-order valence-electron chi connectivity index (χ2n) is 7.08. The summed E-state index contributed by atoms with van der Waals surface area (Å²) in [5.74, 6) is 0.477. The van der Waals surface area contributed by atoms with Gasteiger partial charge in [0.1, 0.15) is 19.0 Å². The zero-order valence-corrected chi connectivity index (χ0v) is 17.7. The number of halogens is 1. The lowest BCUT2D eigenvalue weighted by Gasteiger charge is -2.23. The van der Waals surface area contributed by atoms with Gasteiger partial charge in [0.2, 0.25) is 15.9 Å². The number of carbonyl (C=O) groups excluding carboxylic acids is 1. The molecule has 1 aliphatic rings. The maximum atomic E-state index is 14.0. The molecule has 0 spiro atoms. The molecule has 0 bridgehead atoms. The summed E-state index contributed by atoms with van der Waals surface area (Å²) < 4.78 is 50.2. The predicted molar refractivity (Wildman–Crippen MR) is 112 cm³/mol. The summed E-state index contributed by atoms with van der Waals surface area (Å²) in [6, 6.07) is 10.9. The molecule has 30 heavy (non-hydrogen) atoms. The third-order valence-electron chi connectivity index (χ3n) is 4.73. The maximum Gasteiger partial charge on any atom is 0.232 e. The van der Waals surface area contributed by atoms with Crippen molar-refractivity contribution in [1.82, 2.24) is 5.32 Å². The third kappa shape index (κ3) is 5.41. The monoisotopic (exact) mass is 436 g/mol. The van der Waals surface area contributed by atoms with Crippen LogP contribution in [0.15, 0.2) is 42.5 Å². The number of nitrogens with zero attached hydrogens (tertiary/aromatic N) is 1. The van der Waals surface area contributed by atoms with Gasteiger partial charge in [-0.2, -0.15) is 0 Å². The summed E-state index contributed by atoms with van der Waals surface area (Å²) in [6.07, 6.45) is 1.37. The first-order valence-corrected chi connectivity index (χ1v) is 11.5. The number of hydrogen-bond acceptors (Lipinski definition) is 5. The smallest absolute Gasteiger partial charge is 0.232 e. The van der Waals surface area contributed by atoms with E-state index in [1.165, 1.54) is 18.2 Å². The Balaban J connectivity index is 1.56. The van der Waals surface area contributed by atoms with Crippen LogP contribution in [0.3, 0.4) is 0 Å². The van der Waals surface area contributed by atoms with Crippen LogP contribution in [0.1, 0.15) is 31.4 Å². The van der Waals surface area contributed by atoms with Crippen LogP contribution in [-0.4, -0.2) is 40.3 Å². The van der Waals surface area contributed by atoms with Gasteiger partial charge in [-0.1, -0.05) is 18.2 Å². The van der Waals surface area contributed by atoms with Gasteiger partial charge in [0.05, 0.1) is 18.0 Å². The van der Waals surface area contributed by atoms with E-state index in [0.717, 1.165) is 16.1 Å². The summed E-state index contributed by atoms with van der Waals surface area (Å²) in [5, 5.41) is 2.89. The number of anilines is 1. The average molecular weight is 437 g/mol. The summed E-state index contributed by atoms with van der Waals surface area (Å²) in [5.41, 5.74) is 0.849. The molecule has 0 unspecified atom stereocenters. The Kier molecular flexibility index (Phi) is 6.81. The SMILES string of the molecule is C[C@H](NC(=O)CCCN(c1ccccc1F)S(C)(=O)=O)c1ccc2c(c1)OCCO2. The van der Waals surface area contributed by atoms with E-state index in [9.17, 15) is 17.6 Å². The fourth-order valence-electron chi connectivity index (χ4n) is 3.23. The molecule has 1 N–H and O–H groups in total. The number of hydrogen-bond donors (Lipinski definition) is 1. The number of ether oxygens (including phenoxy) is 2. The average Bonchev–Trinajstić information content (AvgIpc) is 2.70. The van der Waals surface area contributed by atoms with Gasteiger partial charge in [-0.25, -0.2) is 12.8 Å². The second-order valence-corrected chi connectivity index (χ2v) is 8.99. The van der Waals surface area contributed by atoms with Crippen molar-refractivity contribution in [3.8, 4) is 11.5 Å². The van der Waals surface area contributed by atoms with Crippen LogP contribution in [0, 0.1) is 5.82 Å². The number of nitrogens with one attached hydrogen (secondary N) is 1. The van der Waals surface area contributed by atoms with Crippen LogP contribution in [0.4, 0.5) is 10.1 Å². The zero-order chi connectivity index (χ0) is 21.7. The highest BCUT2D eigenvalue weighted by atomic mass is 32.2. The molecular weight excluding hydrogens is 411 g/mol. The molecule has 1 heterocycles. The fraction of sp³-hybridized carbons (Fsp3) is 0.381. The Bertz CT molecular complexity index is 1010. The van der Waals surface area contributed by atoms with E-state index >= 15 is 0 Å². The zero-order valence-electron chi connectivity index (χ0n) is 16.9. The molecular formula is C21H25FN2O5S. The molecule has 0 radical (unpaired) electrons. The van der Waals surface area contributed by atoms with E-state index in [-0.39, 0.29) is 37.0 Å². The quantitative estimate of drug-likeness (QED) is 0.688. The van der Waals surface area contributed by atoms with Crippen molar-refractivity contribution >= 4 is 21.6 Å². The first kappa shape index (κ1) is 21.9. The van der Waals surface area contributed by atoms with Gasteiger partial charge in [-0.15, -0.1) is 0 Å². The van der Waals surface area contributed by atoms with Gasteiger partial charge in [0, 0.05) is 13.0 Å². The molecule has 7 nitrogen and oxygen atoms in total. The number of benzene rings is 2. The highest BCUT2D eigenvalue weighted by molar-refractivity contribution is 7.92. The summed E-state index contributed by atoms with van der Waals surface area (Å²) in [4.78, 5) is 12.3. The van der Waals surface area contributed by atoms with Crippen LogP contribution in [-0.2, 0) is 14.8 Å². The molecule has 0 aliphatic carbocycles. The van der Waals surface area contributed by atoms with Gasteiger partial charge in [0.15, 0.2) is 11.5 Å². The molecule has 3 rings (SSSR count). The highest BCUT2D eigenvalue weighted by Crippen LogP contribution is 2.32. The van der Waals surface area contributed by atoms with Crippen LogP contribution in [0.2, 0.25) is 0 Å². The van der Waals surface area contributed by atoms with Crippen molar-refractivity contribution in [2.75, 3.05) is 30.3 Å². The Morgan fingerprint density at radius 3 is 2.57 bits per heavy atom. The molecule has 0 saturated carbocycles. The van der Waals surface area contributed by atoms with E-state index in [2.05, 4.69) is 5.32 Å². The lowest BCUT2D eigenvalue weighted by molar-refractivity contribution is -0.121. The van der Waals surface area contributed by atoms with Crippen molar-refractivity contribution in [3.05, 3.63) is 53.8 Å². The van der Waals surface area contributed by atoms with Crippen LogP contribution < -0.4 is 19.1 Å². The molecule has 0 aromatic heterocycles. The lowest BCUT2D eigenvalue weighted by atomic mass is 10.1. The number of sulfonamides is 1. The second kappa shape index (κ2) is 9.34. The summed E-state index contributed by atoms with van der Waals surface area (Å²) in [6.45, 7) is 2.85. The molecule has 1 aliphatic heterocycles. The van der Waals surface area contributed by atoms with Crippen LogP contribution >= 0.6 is 0 Å². The van der Waals surface area contributed by atoms with E-state index < -0.39 is 15.8 Å². The van der Waals surface area contributed by atoms with E-state index in [0.29, 0.717) is 24.7 Å². The van der Waals surface area contributed by atoms with Gasteiger partial charge in [0.25, 0.3) is 0 Å². The first-order chi connectivity index (χ1) is 14.3. The standard InChI is InChI=1S/C21H25FN2O5S/c1-15(16-9-10-19-20(14-16)29-13-12-28-19)23-21(25)8-5-11-24(30(2,26)27)18-7-4-3-6-17(18)22/h3-4,6-7,9-10,14-15H,5,8,11-13H2,1-2H3,(H,23,25)/t15-/m0/s1. The van der Waals surface area contributed by atoms with Crippen molar-refractivity contribution < 1.29 is 27.1 Å². The number of amides is 1. The maximum absolute atomic E-state index is 14.0. The molecule has 0 saturated heterocycles. The van der Waals surface area contributed by atoms with E-state index in [1.54, 1.807) is 6.07 Å². The minimum Gasteiger partial charge on any atom is -0.486 e. The molecule has 162 valence electrons. The van der Waals surface area contributed by atoms with Gasteiger partial charge in [-0.05, 0) is 43.2 Å². The topological polar surface area (TPSA) is 84.9 Å². The number of fused-ring (bicyclic) bond motifs is 1. The Hall–Kier alpha value is -2.81. The summed E-state index contributed by atoms with van der Waals surface area (Å²) >= 11 is 0. The Labute approximate surface area is 175 Å². The first-order valence-electron chi connectivity index (χ1n) is 9.67. The lowest BCUT2D eigenvalue weighted by Crippen LogP contribution is -2.33. The summed E-state index contributed by atoms with van der Waals surface area (Å²) in [7, 11) is -3.68. The van der Waals surface area contributed by atoms with E-state index in [4.69, 9.17) is 9.47 Å². The van der Waals surface area contributed by atoms with Crippen LogP contribution in [0.5, 0.6) is 11.5 Å². The van der Waals surface area contributed by atoms with E-state index in [1.807, 2.05) is 25.1 Å². The van der Waals surface area contributed by atoms with Gasteiger partial charge in [-0.3, -0.25) is 9.10 Å². The molecule has 1 atom stereocenters. The third-order valence-corrected chi connectivity index (χ3v) is 5.91. The molecule has 9 heteroatoms. The number of para-hydroxylation sites is 1. The molecule has 2 aromatic rings. The molecule has 1 amide bonds. The van der Waals surface area contributed by atoms with Crippen molar-refractivity contribution in [2.24, 2.45) is 0 Å². The fourth-order valence-corrected chi connectivity index (χ4v) is 4.19. The minimum absolute atomic E-state index is 0.00555.